The first-order chi connectivity index (χ1) is 23.7. The lowest BCUT2D eigenvalue weighted by atomic mass is 9.73. The third kappa shape index (κ3) is 9.35. The van der Waals surface area contributed by atoms with Gasteiger partial charge in [0.2, 0.25) is 0 Å². The monoisotopic (exact) mass is 751 g/mol. The number of ether oxygens (including phenoxy) is 6. The van der Waals surface area contributed by atoms with Crippen LogP contribution in [0.4, 0.5) is 4.39 Å². The van der Waals surface area contributed by atoms with Gasteiger partial charge in [0.25, 0.3) is 0 Å². The van der Waals surface area contributed by atoms with Crippen LogP contribution in [0, 0.1) is 17.8 Å². The van der Waals surface area contributed by atoms with Gasteiger partial charge in [-0.1, -0.05) is 20.8 Å². The first kappa shape index (κ1) is 45.0. The maximum atomic E-state index is 16.8. The number of cyclic esters (lactones) is 1. The molecule has 3 aliphatic heterocycles. The molecule has 14 nitrogen and oxygen atoms in total. The first-order valence-electron chi connectivity index (χ1n) is 18.5. The lowest BCUT2D eigenvalue weighted by molar-refractivity contribution is -0.318. The fraction of sp³-hybridized carbons (Fsp3) is 0.946. The molecule has 304 valence electrons. The van der Waals surface area contributed by atoms with Crippen LogP contribution in [0.2, 0.25) is 0 Å². The van der Waals surface area contributed by atoms with Crippen LogP contribution in [0.15, 0.2) is 0 Å². The summed E-state index contributed by atoms with van der Waals surface area (Å²) in [6.45, 7) is 14.7. The van der Waals surface area contributed by atoms with E-state index in [9.17, 15) is 35.1 Å². The minimum Gasteiger partial charge on any atom is -0.459 e. The second-order valence-corrected chi connectivity index (χ2v) is 16.7. The van der Waals surface area contributed by atoms with Crippen LogP contribution in [-0.4, -0.2) is 153 Å². The van der Waals surface area contributed by atoms with Gasteiger partial charge in [0.05, 0.1) is 47.6 Å². The highest BCUT2D eigenvalue weighted by atomic mass is 19.1. The summed E-state index contributed by atoms with van der Waals surface area (Å²) >= 11 is 0. The standard InChI is InChI=1S/C37H66FNO13/c1-14-24-37(10,46)29(42)21(5)28(41)34(7,38)17-35(8,45)31(52-33-26(40)23(39(11)12)15-18(2)48-33)19(3)27(20(4)32(44)50-24)51-25-16-36(9,47-13)30(43)22(6)49-25/h18-27,29-31,33,40,42-43,45-46H,14-17H2,1-13H3/t18-,19?,20-,21+,22+,23+,24-,25+,26-,27+,29-,30+,31-,33+,34+,35-,36-,37+/m1/s1. The highest BCUT2D eigenvalue weighted by Crippen LogP contribution is 2.42. The molecule has 0 bridgehead atoms. The number of alkyl halides is 1. The summed E-state index contributed by atoms with van der Waals surface area (Å²) in [4.78, 5) is 29.6. The molecule has 15 heteroatoms. The molecular weight excluding hydrogens is 685 g/mol. The molecule has 0 amide bonds. The zero-order valence-corrected chi connectivity index (χ0v) is 33.2. The third-order valence-corrected chi connectivity index (χ3v) is 11.8. The molecule has 3 saturated heterocycles. The number of nitrogens with zero attached hydrogens (tertiary/aromatic N) is 1. The fourth-order valence-corrected chi connectivity index (χ4v) is 8.45. The van der Waals surface area contributed by atoms with Gasteiger partial charge in [-0.05, 0) is 75.4 Å². The van der Waals surface area contributed by atoms with Gasteiger partial charge in [-0.25, -0.2) is 4.39 Å². The van der Waals surface area contributed by atoms with E-state index in [1.54, 1.807) is 41.8 Å². The number of esters is 1. The maximum absolute atomic E-state index is 16.8. The van der Waals surface area contributed by atoms with Gasteiger partial charge in [0.15, 0.2) is 24.0 Å². The van der Waals surface area contributed by atoms with E-state index >= 15 is 4.39 Å². The Bertz CT molecular complexity index is 1220. The zero-order valence-electron chi connectivity index (χ0n) is 33.2. The lowest BCUT2D eigenvalue weighted by Gasteiger charge is -2.49. The van der Waals surface area contributed by atoms with E-state index in [0.717, 1.165) is 6.92 Å². The molecule has 0 radical (unpaired) electrons. The predicted octanol–water partition coefficient (Wildman–Crippen LogP) is 1.88. The first-order valence-corrected chi connectivity index (χ1v) is 18.5. The minimum atomic E-state index is -2.77. The van der Waals surface area contributed by atoms with Crippen molar-refractivity contribution in [1.29, 1.82) is 0 Å². The van der Waals surface area contributed by atoms with E-state index in [0.29, 0.717) is 6.42 Å². The third-order valence-electron chi connectivity index (χ3n) is 11.8. The molecule has 3 aliphatic rings. The molecule has 0 spiro atoms. The van der Waals surface area contributed by atoms with Gasteiger partial charge in [-0.15, -0.1) is 0 Å². The number of ketones is 1. The molecular formula is C37H66FNO13. The Morgan fingerprint density at radius 2 is 1.52 bits per heavy atom. The van der Waals surface area contributed by atoms with Crippen LogP contribution in [0.1, 0.15) is 94.9 Å². The number of rotatable bonds is 7. The van der Waals surface area contributed by atoms with Crippen molar-refractivity contribution < 1.29 is 67.9 Å². The predicted molar refractivity (Wildman–Crippen MR) is 187 cm³/mol. The lowest BCUT2D eigenvalue weighted by Crippen LogP contribution is -2.62. The normalized spacial score (nSPS) is 50.5. The Morgan fingerprint density at radius 1 is 0.923 bits per heavy atom. The van der Waals surface area contributed by atoms with Crippen LogP contribution < -0.4 is 0 Å². The van der Waals surface area contributed by atoms with E-state index in [-0.39, 0.29) is 18.9 Å². The van der Waals surface area contributed by atoms with Crippen LogP contribution in [0.25, 0.3) is 0 Å². The molecule has 0 aromatic carbocycles. The van der Waals surface area contributed by atoms with Crippen molar-refractivity contribution in [2.45, 2.75) is 185 Å². The highest BCUT2D eigenvalue weighted by molar-refractivity contribution is 5.89. The molecule has 1 unspecified atom stereocenters. The maximum Gasteiger partial charge on any atom is 0.311 e. The molecule has 5 N–H and O–H groups in total. The Labute approximate surface area is 308 Å². The molecule has 52 heavy (non-hydrogen) atoms. The Kier molecular flexibility index (Phi) is 14.5. The Morgan fingerprint density at radius 3 is 2.06 bits per heavy atom. The van der Waals surface area contributed by atoms with Crippen molar-refractivity contribution in [1.82, 2.24) is 4.90 Å². The average molecular weight is 752 g/mol. The topological polar surface area (TPSA) is 194 Å². The molecule has 3 heterocycles. The number of Topliss-reactive ketones (excluding diaryl/α,β-unsaturated/α-hetero) is 1. The van der Waals surface area contributed by atoms with Gasteiger partial charge in [-0.3, -0.25) is 9.59 Å². The molecule has 0 aromatic rings. The van der Waals surface area contributed by atoms with E-state index < -0.39 is 120 Å². The fourth-order valence-electron chi connectivity index (χ4n) is 8.45. The minimum absolute atomic E-state index is 0.0296. The molecule has 0 aromatic heterocycles. The molecule has 0 aliphatic carbocycles. The summed E-state index contributed by atoms with van der Waals surface area (Å²) in [5, 5.41) is 57.4. The van der Waals surface area contributed by atoms with Crippen molar-refractivity contribution in [2.75, 3.05) is 21.2 Å². The van der Waals surface area contributed by atoms with Crippen LogP contribution in [0.5, 0.6) is 0 Å². The Hall–Kier alpha value is -1.37. The number of aliphatic hydroxyl groups excluding tert-OH is 3. The summed E-state index contributed by atoms with van der Waals surface area (Å²) < 4.78 is 53.4. The van der Waals surface area contributed by atoms with Crippen molar-refractivity contribution in [3.05, 3.63) is 0 Å². The van der Waals surface area contributed by atoms with Gasteiger partial charge in [-0.2, -0.15) is 0 Å². The quantitative estimate of drug-likeness (QED) is 0.237. The summed E-state index contributed by atoms with van der Waals surface area (Å²) in [5.41, 5.74) is -8.26. The number of methoxy groups -OCH3 is 1. The van der Waals surface area contributed by atoms with Crippen LogP contribution in [-0.2, 0) is 38.0 Å². The summed E-state index contributed by atoms with van der Waals surface area (Å²) in [6.07, 6.45) is -11.9. The molecule has 3 rings (SSSR count). The number of aliphatic hydroxyl groups is 5. The number of halogens is 1. The van der Waals surface area contributed by atoms with Gasteiger partial charge < -0.3 is 58.9 Å². The van der Waals surface area contributed by atoms with Crippen molar-refractivity contribution in [3.8, 4) is 0 Å². The number of carbonyl (C=O) groups is 2. The van der Waals surface area contributed by atoms with Gasteiger partial charge >= 0.3 is 5.97 Å². The van der Waals surface area contributed by atoms with Crippen molar-refractivity contribution in [2.24, 2.45) is 17.8 Å². The second-order valence-electron chi connectivity index (χ2n) is 16.7. The molecule has 0 saturated carbocycles. The van der Waals surface area contributed by atoms with Crippen LogP contribution in [0.3, 0.4) is 0 Å². The van der Waals surface area contributed by atoms with E-state index in [2.05, 4.69) is 0 Å². The summed E-state index contributed by atoms with van der Waals surface area (Å²) in [6, 6.07) is -0.405. The summed E-state index contributed by atoms with van der Waals surface area (Å²) in [5.74, 6) is -5.61. The zero-order chi connectivity index (χ0) is 39.9. The molecule has 18 atom stereocenters. The van der Waals surface area contributed by atoms with Crippen molar-refractivity contribution >= 4 is 11.8 Å². The number of hydrogen-bond donors (Lipinski definition) is 5. The highest BCUT2D eigenvalue weighted by Gasteiger charge is 2.56. The second kappa shape index (κ2) is 16.8. The van der Waals surface area contributed by atoms with Crippen molar-refractivity contribution in [3.63, 3.8) is 0 Å². The smallest absolute Gasteiger partial charge is 0.311 e. The van der Waals surface area contributed by atoms with Crippen LogP contribution >= 0.6 is 0 Å². The number of likely N-dealkylation sites (N-methyl/N-ethyl adjacent to an activating group) is 1. The average Bonchev–Trinajstić information content (AvgIpc) is 3.05. The summed E-state index contributed by atoms with van der Waals surface area (Å²) in [7, 11) is 5.04. The molecule has 3 fully saturated rings. The largest absolute Gasteiger partial charge is 0.459 e. The van der Waals surface area contributed by atoms with Gasteiger partial charge in [0.1, 0.15) is 23.9 Å². The SMILES string of the molecule is CC[C@H]1OC(=O)[C@H](C)[C@@H](O[C@H]2C[C@@](C)(OC)[C@@H](O)[C@H](C)O2)C(C)[C@@H](O[C@@H]2O[C@H](C)C[C@H](N(C)C)[C@H]2O)[C@](C)(O)C[C@](C)(F)C(=O)[C@H](C)[C@@H](O)[C@@]1(C)O. The van der Waals surface area contributed by atoms with Gasteiger partial charge in [0, 0.05) is 37.8 Å². The number of carbonyl (C=O) groups excluding carboxylic acids is 2. The van der Waals surface area contributed by atoms with E-state index in [1.807, 2.05) is 11.8 Å². The number of hydrogen-bond acceptors (Lipinski definition) is 14. The Balaban J connectivity index is 2.22. The van der Waals surface area contributed by atoms with E-state index in [1.165, 1.54) is 34.8 Å². The van der Waals surface area contributed by atoms with E-state index in [4.69, 9.17) is 28.4 Å².